The van der Waals surface area contributed by atoms with Crippen molar-refractivity contribution in [3.05, 3.63) is 48.0 Å². The second-order valence-corrected chi connectivity index (χ2v) is 5.51. The van der Waals surface area contributed by atoms with Crippen molar-refractivity contribution in [2.45, 2.75) is 37.8 Å². The lowest BCUT2D eigenvalue weighted by atomic mass is 9.93. The van der Waals surface area contributed by atoms with Gasteiger partial charge >= 0.3 is 0 Å². The monoisotopic (exact) mass is 269 g/mol. The van der Waals surface area contributed by atoms with Crippen LogP contribution in [0.2, 0.25) is 0 Å². The van der Waals surface area contributed by atoms with E-state index in [1.807, 2.05) is 42.5 Å². The third-order valence-electron chi connectivity index (χ3n) is 4.07. The van der Waals surface area contributed by atoms with Gasteiger partial charge in [0.15, 0.2) is 0 Å². The second kappa shape index (κ2) is 5.63. The van der Waals surface area contributed by atoms with Gasteiger partial charge in [0.25, 0.3) is 5.91 Å². The van der Waals surface area contributed by atoms with Crippen LogP contribution in [0, 0.1) is 0 Å². The molecule has 0 spiro atoms. The molecule has 2 aromatic carbocycles. The van der Waals surface area contributed by atoms with Crippen molar-refractivity contribution < 1.29 is 9.90 Å². The highest BCUT2D eigenvalue weighted by Crippen LogP contribution is 2.21. The third-order valence-corrected chi connectivity index (χ3v) is 4.07. The van der Waals surface area contributed by atoms with E-state index in [0.29, 0.717) is 0 Å². The molecule has 3 rings (SSSR count). The Kier molecular flexibility index (Phi) is 3.70. The molecule has 0 aromatic heterocycles. The Labute approximate surface area is 118 Å². The Balaban J connectivity index is 1.79. The zero-order valence-electron chi connectivity index (χ0n) is 11.4. The molecule has 1 saturated carbocycles. The molecule has 104 valence electrons. The molecule has 0 heterocycles. The number of aliphatic hydroxyl groups is 1. The van der Waals surface area contributed by atoms with Crippen LogP contribution >= 0.6 is 0 Å². The number of hydrogen-bond donors (Lipinski definition) is 2. The van der Waals surface area contributed by atoms with Crippen LogP contribution in [0.25, 0.3) is 10.8 Å². The van der Waals surface area contributed by atoms with Crippen LogP contribution in [0.15, 0.2) is 42.5 Å². The predicted octanol–water partition coefficient (Wildman–Crippen LogP) is 2.87. The Bertz CT molecular complexity index is 610. The van der Waals surface area contributed by atoms with Crippen molar-refractivity contribution in [3.8, 4) is 0 Å². The van der Waals surface area contributed by atoms with Crippen LogP contribution in [0.3, 0.4) is 0 Å². The van der Waals surface area contributed by atoms with Crippen LogP contribution in [-0.4, -0.2) is 23.2 Å². The molecular weight excluding hydrogens is 250 g/mol. The van der Waals surface area contributed by atoms with Crippen LogP contribution in [0.4, 0.5) is 0 Å². The maximum atomic E-state index is 12.4. The molecule has 0 radical (unpaired) electrons. The average molecular weight is 269 g/mol. The van der Waals surface area contributed by atoms with Crippen molar-refractivity contribution >= 4 is 16.7 Å². The summed E-state index contributed by atoms with van der Waals surface area (Å²) in [6, 6.07) is 13.9. The molecule has 0 bridgehead atoms. The van der Waals surface area contributed by atoms with E-state index in [1.165, 1.54) is 0 Å². The number of fused-ring (bicyclic) bond motifs is 1. The summed E-state index contributed by atoms with van der Waals surface area (Å²) in [6.45, 7) is 0. The smallest absolute Gasteiger partial charge is 0.252 e. The van der Waals surface area contributed by atoms with Crippen LogP contribution < -0.4 is 5.32 Å². The van der Waals surface area contributed by atoms with Gasteiger partial charge in [0.05, 0.1) is 6.10 Å². The summed E-state index contributed by atoms with van der Waals surface area (Å²) >= 11 is 0. The molecule has 2 aromatic rings. The minimum atomic E-state index is -0.194. The number of amides is 1. The molecule has 1 amide bonds. The van der Waals surface area contributed by atoms with E-state index in [2.05, 4.69) is 5.32 Å². The Morgan fingerprint density at radius 1 is 1.00 bits per heavy atom. The SMILES string of the molecule is O=C(NC1CCC(O)CC1)c1cccc2ccccc12. The number of nitrogens with one attached hydrogen (secondary N) is 1. The highest BCUT2D eigenvalue weighted by molar-refractivity contribution is 6.07. The molecule has 3 heteroatoms. The first-order valence-electron chi connectivity index (χ1n) is 7.21. The van der Waals surface area contributed by atoms with Gasteiger partial charge in [-0.1, -0.05) is 36.4 Å². The minimum Gasteiger partial charge on any atom is -0.393 e. The molecule has 1 aliphatic rings. The molecule has 3 nitrogen and oxygen atoms in total. The zero-order chi connectivity index (χ0) is 13.9. The fourth-order valence-electron chi connectivity index (χ4n) is 2.91. The number of carbonyl (C=O) groups is 1. The summed E-state index contributed by atoms with van der Waals surface area (Å²) in [5, 5.41) is 14.7. The van der Waals surface area contributed by atoms with Gasteiger partial charge in [0, 0.05) is 11.6 Å². The van der Waals surface area contributed by atoms with Crippen molar-refractivity contribution in [2.24, 2.45) is 0 Å². The lowest BCUT2D eigenvalue weighted by Crippen LogP contribution is -2.38. The normalized spacial score (nSPS) is 22.6. The van der Waals surface area contributed by atoms with Crippen LogP contribution in [0.5, 0.6) is 0 Å². The molecule has 0 aliphatic heterocycles. The number of aliphatic hydroxyl groups excluding tert-OH is 1. The number of rotatable bonds is 2. The van der Waals surface area contributed by atoms with Gasteiger partial charge in [-0.3, -0.25) is 4.79 Å². The maximum Gasteiger partial charge on any atom is 0.252 e. The van der Waals surface area contributed by atoms with Gasteiger partial charge in [-0.15, -0.1) is 0 Å². The maximum absolute atomic E-state index is 12.4. The van der Waals surface area contributed by atoms with Gasteiger partial charge in [0.2, 0.25) is 0 Å². The van der Waals surface area contributed by atoms with E-state index in [-0.39, 0.29) is 18.1 Å². The van der Waals surface area contributed by atoms with Crippen molar-refractivity contribution in [1.82, 2.24) is 5.32 Å². The summed E-state index contributed by atoms with van der Waals surface area (Å²) in [6.07, 6.45) is 3.08. The Morgan fingerprint density at radius 3 is 2.50 bits per heavy atom. The zero-order valence-corrected chi connectivity index (χ0v) is 11.4. The van der Waals surface area contributed by atoms with E-state index in [0.717, 1.165) is 42.0 Å². The third kappa shape index (κ3) is 2.68. The number of carbonyl (C=O) groups excluding carboxylic acids is 1. The molecule has 0 unspecified atom stereocenters. The molecule has 1 aliphatic carbocycles. The standard InChI is InChI=1S/C17H19NO2/c19-14-10-8-13(9-11-14)18-17(20)16-7-3-5-12-4-1-2-6-15(12)16/h1-7,13-14,19H,8-11H2,(H,18,20). The first-order valence-corrected chi connectivity index (χ1v) is 7.21. The van der Waals surface area contributed by atoms with E-state index in [4.69, 9.17) is 0 Å². The van der Waals surface area contributed by atoms with Gasteiger partial charge in [-0.25, -0.2) is 0 Å². The van der Waals surface area contributed by atoms with Gasteiger partial charge < -0.3 is 10.4 Å². The van der Waals surface area contributed by atoms with Crippen molar-refractivity contribution in [1.29, 1.82) is 0 Å². The number of benzene rings is 2. The van der Waals surface area contributed by atoms with Crippen LogP contribution in [0.1, 0.15) is 36.0 Å². The summed E-state index contributed by atoms with van der Waals surface area (Å²) in [5.74, 6) is -0.0109. The van der Waals surface area contributed by atoms with Gasteiger partial charge in [-0.2, -0.15) is 0 Å². The Hall–Kier alpha value is -1.87. The largest absolute Gasteiger partial charge is 0.393 e. The first-order chi connectivity index (χ1) is 9.74. The molecule has 0 atom stereocenters. The molecule has 2 N–H and O–H groups in total. The highest BCUT2D eigenvalue weighted by atomic mass is 16.3. The van der Waals surface area contributed by atoms with E-state index < -0.39 is 0 Å². The molecule has 20 heavy (non-hydrogen) atoms. The minimum absolute atomic E-state index is 0.0109. The summed E-state index contributed by atoms with van der Waals surface area (Å²) in [4.78, 5) is 12.4. The predicted molar refractivity (Wildman–Crippen MR) is 79.7 cm³/mol. The summed E-state index contributed by atoms with van der Waals surface area (Å²) in [5.41, 5.74) is 0.731. The quantitative estimate of drug-likeness (QED) is 0.880. The summed E-state index contributed by atoms with van der Waals surface area (Å²) < 4.78 is 0. The van der Waals surface area contributed by atoms with Gasteiger partial charge in [-0.05, 0) is 42.5 Å². The molecule has 0 saturated heterocycles. The number of hydrogen-bond acceptors (Lipinski definition) is 2. The lowest BCUT2D eigenvalue weighted by Gasteiger charge is -2.26. The topological polar surface area (TPSA) is 49.3 Å². The van der Waals surface area contributed by atoms with Crippen molar-refractivity contribution in [2.75, 3.05) is 0 Å². The van der Waals surface area contributed by atoms with Crippen LogP contribution in [-0.2, 0) is 0 Å². The van der Waals surface area contributed by atoms with Crippen molar-refractivity contribution in [3.63, 3.8) is 0 Å². The highest BCUT2D eigenvalue weighted by Gasteiger charge is 2.21. The van der Waals surface area contributed by atoms with Gasteiger partial charge in [0.1, 0.15) is 0 Å². The second-order valence-electron chi connectivity index (χ2n) is 5.51. The first kappa shape index (κ1) is 13.1. The van der Waals surface area contributed by atoms with E-state index >= 15 is 0 Å². The molecule has 1 fully saturated rings. The average Bonchev–Trinajstić information content (AvgIpc) is 2.49. The fraction of sp³-hybridized carbons (Fsp3) is 0.353. The summed E-state index contributed by atoms with van der Waals surface area (Å²) in [7, 11) is 0. The van der Waals surface area contributed by atoms with E-state index in [9.17, 15) is 9.90 Å². The lowest BCUT2D eigenvalue weighted by molar-refractivity contribution is 0.0869. The van der Waals surface area contributed by atoms with E-state index in [1.54, 1.807) is 0 Å². The Morgan fingerprint density at radius 2 is 1.70 bits per heavy atom. The molecular formula is C17H19NO2. The fourth-order valence-corrected chi connectivity index (χ4v) is 2.91.